The van der Waals surface area contributed by atoms with Crippen LogP contribution in [0.2, 0.25) is 0 Å². The van der Waals surface area contributed by atoms with E-state index in [0.29, 0.717) is 10.4 Å². The van der Waals surface area contributed by atoms with E-state index in [1.807, 2.05) is 0 Å². The van der Waals surface area contributed by atoms with E-state index in [1.54, 1.807) is 18.2 Å². The molecule has 2 atom stereocenters. The van der Waals surface area contributed by atoms with Crippen LogP contribution in [0.4, 0.5) is 14.6 Å². The molecule has 0 spiro atoms. The van der Waals surface area contributed by atoms with Crippen molar-refractivity contribution in [3.63, 3.8) is 0 Å². The number of pyridine rings is 1. The quantitative estimate of drug-likeness (QED) is 0.836. The van der Waals surface area contributed by atoms with Crippen molar-refractivity contribution in [1.29, 1.82) is 0 Å². The van der Waals surface area contributed by atoms with Gasteiger partial charge in [0, 0.05) is 13.0 Å². The topological polar surface area (TPSA) is 54.0 Å². The summed E-state index contributed by atoms with van der Waals surface area (Å²) in [6.07, 6.45) is -0.163. The lowest BCUT2D eigenvalue weighted by Crippen LogP contribution is -2.35. The number of amides is 1. The van der Waals surface area contributed by atoms with Crippen molar-refractivity contribution in [2.45, 2.75) is 18.1 Å². The Hall–Kier alpha value is -1.08. The van der Waals surface area contributed by atoms with E-state index in [1.165, 1.54) is 0 Å². The molecule has 1 amide bonds. The lowest BCUT2D eigenvalue weighted by molar-refractivity contribution is -0.118. The third kappa shape index (κ3) is 3.02. The van der Waals surface area contributed by atoms with Crippen LogP contribution in [0.5, 0.6) is 0 Å². The highest BCUT2D eigenvalue weighted by molar-refractivity contribution is 9.10. The van der Waals surface area contributed by atoms with Gasteiger partial charge in [0.05, 0.1) is 6.04 Å². The van der Waals surface area contributed by atoms with Crippen molar-refractivity contribution in [2.24, 2.45) is 0 Å². The molecule has 2 rings (SSSR count). The molecule has 1 fully saturated rings. The Bertz CT molecular complexity index is 460. The summed E-state index contributed by atoms with van der Waals surface area (Å²) in [5.41, 5.74) is -1.94. The van der Waals surface area contributed by atoms with Crippen molar-refractivity contribution in [3.05, 3.63) is 22.8 Å². The Morgan fingerprint density at radius 2 is 2.44 bits per heavy atom. The molecule has 4 nitrogen and oxygen atoms in total. The van der Waals surface area contributed by atoms with Gasteiger partial charge in [0.15, 0.2) is 5.67 Å². The molecule has 0 aliphatic carbocycles. The number of nitrogens with zero attached hydrogens (tertiary/aromatic N) is 1. The van der Waals surface area contributed by atoms with Crippen molar-refractivity contribution in [1.82, 2.24) is 10.3 Å². The van der Waals surface area contributed by atoms with Crippen molar-refractivity contribution >= 4 is 27.7 Å². The number of aromatic nitrogens is 1. The summed E-state index contributed by atoms with van der Waals surface area (Å²) in [6.45, 7) is -1.23. The number of nitrogens with one attached hydrogen (secondary N) is 2. The zero-order valence-electron chi connectivity index (χ0n) is 9.42. The Balaban J connectivity index is 1.97. The Morgan fingerprint density at radius 3 is 3.06 bits per heavy atom. The van der Waals surface area contributed by atoms with Gasteiger partial charge in [-0.25, -0.2) is 13.8 Å². The lowest BCUT2D eigenvalue weighted by Gasteiger charge is -2.13. The zero-order chi connectivity index (χ0) is 13.2. The standard InChI is InChI=1S/C11H12BrF2N3O/c12-8-2-1-3-9(16-8)17-10(18)7-4-11(14,5-13)6-15-7/h1-3,7,15H,4-6H2,(H,16,17,18)/t7-,11-/m0/s1. The van der Waals surface area contributed by atoms with E-state index < -0.39 is 24.3 Å². The first-order chi connectivity index (χ1) is 8.52. The summed E-state index contributed by atoms with van der Waals surface area (Å²) in [7, 11) is 0. The number of carbonyl (C=O) groups excluding carboxylic acids is 1. The maximum atomic E-state index is 13.6. The van der Waals surface area contributed by atoms with Gasteiger partial charge < -0.3 is 10.6 Å². The SMILES string of the molecule is O=C(Nc1cccc(Br)n1)[C@@H]1C[C@](F)(CF)CN1. The molecule has 0 radical (unpaired) electrons. The summed E-state index contributed by atoms with van der Waals surface area (Å²) in [5.74, 6) is -0.0404. The molecular weight excluding hydrogens is 308 g/mol. The van der Waals surface area contributed by atoms with Crippen LogP contribution in [0.15, 0.2) is 22.8 Å². The van der Waals surface area contributed by atoms with Gasteiger partial charge in [0.25, 0.3) is 0 Å². The number of hydrogen-bond donors (Lipinski definition) is 2. The van der Waals surface area contributed by atoms with Gasteiger partial charge in [-0.1, -0.05) is 6.07 Å². The second-order valence-corrected chi connectivity index (χ2v) is 5.07. The van der Waals surface area contributed by atoms with Gasteiger partial charge in [0.2, 0.25) is 5.91 Å². The minimum absolute atomic E-state index is 0.145. The van der Waals surface area contributed by atoms with E-state index in [-0.39, 0.29) is 13.0 Å². The Kier molecular flexibility index (Phi) is 3.91. The fraction of sp³-hybridized carbons (Fsp3) is 0.455. The van der Waals surface area contributed by atoms with Crippen LogP contribution in [0.3, 0.4) is 0 Å². The first-order valence-electron chi connectivity index (χ1n) is 5.44. The number of anilines is 1. The maximum Gasteiger partial charge on any atom is 0.242 e. The summed E-state index contributed by atoms with van der Waals surface area (Å²) in [5, 5.41) is 5.22. The molecule has 1 aromatic heterocycles. The first kappa shape index (κ1) is 13.4. The molecule has 2 N–H and O–H groups in total. The van der Waals surface area contributed by atoms with Gasteiger partial charge in [-0.3, -0.25) is 4.79 Å². The van der Waals surface area contributed by atoms with Crippen LogP contribution in [0, 0.1) is 0 Å². The van der Waals surface area contributed by atoms with Crippen LogP contribution in [-0.2, 0) is 4.79 Å². The molecule has 0 unspecified atom stereocenters. The Morgan fingerprint density at radius 1 is 1.67 bits per heavy atom. The van der Waals surface area contributed by atoms with Crippen molar-refractivity contribution in [3.8, 4) is 0 Å². The molecule has 1 aliphatic rings. The summed E-state index contributed by atoms with van der Waals surface area (Å²) >= 11 is 3.18. The van der Waals surface area contributed by atoms with Gasteiger partial charge in [-0.2, -0.15) is 0 Å². The van der Waals surface area contributed by atoms with Crippen LogP contribution in [0.25, 0.3) is 0 Å². The van der Waals surface area contributed by atoms with Crippen molar-refractivity contribution in [2.75, 3.05) is 18.5 Å². The predicted octanol–water partition coefficient (Wildman–Crippen LogP) is 1.82. The molecule has 0 saturated carbocycles. The number of carbonyl (C=O) groups is 1. The largest absolute Gasteiger partial charge is 0.309 e. The fourth-order valence-corrected chi connectivity index (χ4v) is 2.14. The molecule has 18 heavy (non-hydrogen) atoms. The van der Waals surface area contributed by atoms with Crippen molar-refractivity contribution < 1.29 is 13.6 Å². The lowest BCUT2D eigenvalue weighted by atomic mass is 10.0. The Labute approximate surface area is 111 Å². The molecule has 1 saturated heterocycles. The third-order valence-corrected chi connectivity index (χ3v) is 3.20. The second-order valence-electron chi connectivity index (χ2n) is 4.26. The van der Waals surface area contributed by atoms with Gasteiger partial charge in [-0.05, 0) is 28.1 Å². The zero-order valence-corrected chi connectivity index (χ0v) is 11.0. The van der Waals surface area contributed by atoms with E-state index in [0.717, 1.165) is 0 Å². The molecular formula is C11H12BrF2N3O. The highest BCUT2D eigenvalue weighted by atomic mass is 79.9. The minimum atomic E-state index is -1.94. The summed E-state index contributed by atoms with van der Waals surface area (Å²) in [6, 6.07) is 4.33. The highest BCUT2D eigenvalue weighted by Gasteiger charge is 2.42. The fourth-order valence-electron chi connectivity index (χ4n) is 1.79. The third-order valence-electron chi connectivity index (χ3n) is 2.76. The molecule has 1 aliphatic heterocycles. The predicted molar refractivity (Wildman–Crippen MR) is 66.8 cm³/mol. The van der Waals surface area contributed by atoms with Crippen LogP contribution in [-0.4, -0.2) is 35.8 Å². The number of alkyl halides is 2. The molecule has 1 aromatic rings. The normalized spacial score (nSPS) is 27.2. The minimum Gasteiger partial charge on any atom is -0.309 e. The monoisotopic (exact) mass is 319 g/mol. The van der Waals surface area contributed by atoms with E-state index in [9.17, 15) is 13.6 Å². The molecule has 98 valence electrons. The average molecular weight is 320 g/mol. The van der Waals surface area contributed by atoms with Gasteiger partial charge in [-0.15, -0.1) is 0 Å². The molecule has 7 heteroatoms. The smallest absolute Gasteiger partial charge is 0.242 e. The van der Waals surface area contributed by atoms with E-state index in [2.05, 4.69) is 31.5 Å². The van der Waals surface area contributed by atoms with E-state index >= 15 is 0 Å². The summed E-state index contributed by atoms with van der Waals surface area (Å²) < 4.78 is 26.6. The summed E-state index contributed by atoms with van der Waals surface area (Å²) in [4.78, 5) is 15.8. The van der Waals surface area contributed by atoms with Gasteiger partial charge in [0.1, 0.15) is 17.1 Å². The number of hydrogen-bond acceptors (Lipinski definition) is 3. The average Bonchev–Trinajstić information content (AvgIpc) is 2.73. The maximum absolute atomic E-state index is 13.6. The highest BCUT2D eigenvalue weighted by Crippen LogP contribution is 2.25. The van der Waals surface area contributed by atoms with Crippen LogP contribution < -0.4 is 10.6 Å². The molecule has 2 heterocycles. The molecule has 0 aromatic carbocycles. The first-order valence-corrected chi connectivity index (χ1v) is 6.23. The molecule has 0 bridgehead atoms. The van der Waals surface area contributed by atoms with Crippen LogP contribution >= 0.6 is 15.9 Å². The van der Waals surface area contributed by atoms with Gasteiger partial charge >= 0.3 is 0 Å². The number of rotatable bonds is 3. The van der Waals surface area contributed by atoms with Crippen LogP contribution in [0.1, 0.15) is 6.42 Å². The number of halogens is 3. The second kappa shape index (κ2) is 5.27. The van der Waals surface area contributed by atoms with E-state index in [4.69, 9.17) is 0 Å².